The second-order valence-corrected chi connectivity index (χ2v) is 7.43. The van der Waals surface area contributed by atoms with Gasteiger partial charge in [-0.15, -0.1) is 11.3 Å². The minimum atomic E-state index is -1.04. The van der Waals surface area contributed by atoms with E-state index >= 15 is 0 Å². The number of rotatable bonds is 8. The lowest BCUT2D eigenvalue weighted by atomic mass is 10.2. The van der Waals surface area contributed by atoms with E-state index in [0.29, 0.717) is 11.8 Å². The first-order chi connectivity index (χ1) is 14.7. The van der Waals surface area contributed by atoms with Crippen molar-refractivity contribution in [3.8, 4) is 17.5 Å². The van der Waals surface area contributed by atoms with Crippen LogP contribution in [0.5, 0.6) is 17.5 Å². The van der Waals surface area contributed by atoms with Crippen molar-refractivity contribution < 1.29 is 33.0 Å². The number of benzene rings is 1. The number of anilines is 1. The predicted molar refractivity (Wildman–Crippen MR) is 108 cm³/mol. The Hall–Kier alpha value is -3.60. The third-order valence-corrected chi connectivity index (χ3v) is 4.37. The zero-order valence-electron chi connectivity index (χ0n) is 16.4. The molecule has 11 heteroatoms. The molecule has 2 N–H and O–H groups in total. The molecule has 31 heavy (non-hydrogen) atoms. The molecule has 0 fully saturated rings. The maximum absolute atomic E-state index is 13.4. The van der Waals surface area contributed by atoms with E-state index in [4.69, 9.17) is 14.6 Å². The van der Waals surface area contributed by atoms with Crippen LogP contribution in [0, 0.1) is 11.6 Å². The van der Waals surface area contributed by atoms with E-state index in [0.717, 1.165) is 23.5 Å². The van der Waals surface area contributed by atoms with Crippen LogP contribution in [0.3, 0.4) is 0 Å². The Balaban J connectivity index is 1.85. The summed E-state index contributed by atoms with van der Waals surface area (Å²) < 4.78 is 37.8. The summed E-state index contributed by atoms with van der Waals surface area (Å²) in [5, 5.41) is 13.1. The van der Waals surface area contributed by atoms with Gasteiger partial charge in [-0.25, -0.2) is 13.8 Å². The number of pyridine rings is 1. The molecule has 0 saturated heterocycles. The van der Waals surface area contributed by atoms with Crippen molar-refractivity contribution in [3.63, 3.8) is 0 Å². The Kier molecular flexibility index (Phi) is 6.75. The molecule has 0 unspecified atom stereocenters. The molecule has 0 aliphatic rings. The summed E-state index contributed by atoms with van der Waals surface area (Å²) >= 11 is 1.07. The van der Waals surface area contributed by atoms with Gasteiger partial charge >= 0.3 is 5.97 Å². The monoisotopic (exact) mass is 449 g/mol. The van der Waals surface area contributed by atoms with Crippen molar-refractivity contribution in [1.82, 2.24) is 9.97 Å². The molecular formula is C20H17F2N3O5S. The van der Waals surface area contributed by atoms with E-state index in [2.05, 4.69) is 15.3 Å². The second-order valence-electron chi connectivity index (χ2n) is 6.57. The van der Waals surface area contributed by atoms with Gasteiger partial charge in [0.1, 0.15) is 17.4 Å². The zero-order valence-corrected chi connectivity index (χ0v) is 17.2. The highest BCUT2D eigenvalue weighted by Gasteiger charge is 2.16. The second kappa shape index (κ2) is 9.47. The van der Waals surface area contributed by atoms with Gasteiger partial charge in [-0.05, 0) is 13.8 Å². The number of carboxylic acids is 1. The number of nitrogens with one attached hydrogen (secondary N) is 1. The zero-order chi connectivity index (χ0) is 22.5. The summed E-state index contributed by atoms with van der Waals surface area (Å²) in [6, 6.07) is 5.29. The molecule has 8 nitrogen and oxygen atoms in total. The van der Waals surface area contributed by atoms with Crippen LogP contribution < -0.4 is 14.8 Å². The van der Waals surface area contributed by atoms with Crippen molar-refractivity contribution in [2.75, 3.05) is 5.32 Å². The molecule has 3 rings (SSSR count). The largest absolute Gasteiger partial charge is 0.481 e. The number of nitrogens with zero attached hydrogens (tertiary/aromatic N) is 2. The third kappa shape index (κ3) is 6.44. The summed E-state index contributed by atoms with van der Waals surface area (Å²) in [5.41, 5.74) is 0.399. The number of carbonyl (C=O) groups excluding carboxylic acids is 1. The van der Waals surface area contributed by atoms with Crippen LogP contribution in [0.1, 0.15) is 29.9 Å². The average molecular weight is 449 g/mol. The smallest absolute Gasteiger partial charge is 0.309 e. The summed E-state index contributed by atoms with van der Waals surface area (Å²) in [4.78, 5) is 31.6. The van der Waals surface area contributed by atoms with Gasteiger partial charge in [0.05, 0.1) is 23.8 Å². The molecule has 2 aromatic heterocycles. The van der Waals surface area contributed by atoms with Gasteiger partial charge in [-0.2, -0.15) is 4.98 Å². The number of thiazole rings is 1. The van der Waals surface area contributed by atoms with Crippen LogP contribution in [0.25, 0.3) is 0 Å². The summed E-state index contributed by atoms with van der Waals surface area (Å²) in [6.45, 7) is 3.52. The number of carbonyl (C=O) groups is 2. The van der Waals surface area contributed by atoms with E-state index in [1.54, 1.807) is 13.8 Å². The van der Waals surface area contributed by atoms with Crippen molar-refractivity contribution >= 4 is 28.3 Å². The lowest BCUT2D eigenvalue weighted by molar-refractivity contribution is -0.136. The normalized spacial score (nSPS) is 10.7. The number of ether oxygens (including phenoxy) is 2. The molecule has 162 valence electrons. The fourth-order valence-corrected chi connectivity index (χ4v) is 3.15. The van der Waals surface area contributed by atoms with Gasteiger partial charge in [0.2, 0.25) is 11.8 Å². The topological polar surface area (TPSA) is 111 Å². The first-order valence-corrected chi connectivity index (χ1v) is 9.86. The molecule has 3 aromatic rings. The molecule has 0 spiro atoms. The molecule has 0 aliphatic carbocycles. The van der Waals surface area contributed by atoms with Gasteiger partial charge in [0, 0.05) is 35.7 Å². The molecule has 1 amide bonds. The minimum Gasteiger partial charge on any atom is -0.481 e. The highest BCUT2D eigenvalue weighted by molar-refractivity contribution is 7.14. The van der Waals surface area contributed by atoms with E-state index in [1.165, 1.54) is 17.5 Å². The number of hydrogen-bond donors (Lipinski definition) is 2. The van der Waals surface area contributed by atoms with Gasteiger partial charge in [0.25, 0.3) is 5.91 Å². The Labute approximate surface area is 179 Å². The van der Waals surface area contributed by atoms with Crippen LogP contribution in [0.15, 0.2) is 35.7 Å². The van der Waals surface area contributed by atoms with Gasteiger partial charge < -0.3 is 14.6 Å². The fourth-order valence-electron chi connectivity index (χ4n) is 2.44. The van der Waals surface area contributed by atoms with Gasteiger partial charge in [-0.3, -0.25) is 14.9 Å². The molecule has 0 aliphatic heterocycles. The Morgan fingerprint density at radius 2 is 1.77 bits per heavy atom. The van der Waals surface area contributed by atoms with E-state index in [1.807, 2.05) is 0 Å². The number of hydrogen-bond acceptors (Lipinski definition) is 7. The molecule has 1 aromatic carbocycles. The molecule has 0 bridgehead atoms. The maximum atomic E-state index is 13.4. The number of carboxylic acid groups (broad SMARTS) is 1. The number of aromatic nitrogens is 2. The number of amides is 1. The third-order valence-electron chi connectivity index (χ3n) is 3.56. The molecular weight excluding hydrogens is 432 g/mol. The summed E-state index contributed by atoms with van der Waals surface area (Å²) in [7, 11) is 0. The van der Waals surface area contributed by atoms with Crippen molar-refractivity contribution in [2.24, 2.45) is 0 Å². The molecule has 0 radical (unpaired) electrons. The SMILES string of the molecule is CC(C)Oc1cc(C(=O)Nc2nc(CC(=O)O)cs2)cc(Oc2cc(F)cc(F)c2)n1. The summed E-state index contributed by atoms with van der Waals surface area (Å²) in [6.07, 6.45) is -0.529. The van der Waals surface area contributed by atoms with E-state index < -0.39 is 23.5 Å². The molecule has 2 heterocycles. The molecule has 0 saturated carbocycles. The number of halogens is 2. The fraction of sp³-hybridized carbons (Fsp3) is 0.200. The first kappa shape index (κ1) is 22.1. The summed E-state index contributed by atoms with van der Waals surface area (Å²) in [5.74, 6) is -3.46. The van der Waals surface area contributed by atoms with Crippen LogP contribution in [0.2, 0.25) is 0 Å². The lowest BCUT2D eigenvalue weighted by Crippen LogP contribution is -2.14. The quantitative estimate of drug-likeness (QED) is 0.528. The van der Waals surface area contributed by atoms with Gasteiger partial charge in [-0.1, -0.05) is 0 Å². The predicted octanol–water partition coefficient (Wildman–Crippen LogP) is 4.28. The Morgan fingerprint density at radius 1 is 1.10 bits per heavy atom. The highest BCUT2D eigenvalue weighted by Crippen LogP contribution is 2.26. The first-order valence-electron chi connectivity index (χ1n) is 8.98. The Morgan fingerprint density at radius 3 is 2.42 bits per heavy atom. The maximum Gasteiger partial charge on any atom is 0.309 e. The lowest BCUT2D eigenvalue weighted by Gasteiger charge is -2.13. The minimum absolute atomic E-state index is 0.0697. The van der Waals surface area contributed by atoms with Crippen LogP contribution in [-0.2, 0) is 11.2 Å². The Bertz CT molecular complexity index is 1100. The standard InChI is InChI=1S/C20H17F2N3O5S/c1-10(2)29-16-3-11(19(28)25-20-23-14(9-31-20)8-18(26)27)4-17(24-16)30-15-6-12(21)5-13(22)7-15/h3-7,9-10H,8H2,1-2H3,(H,26,27)(H,23,25,28). The highest BCUT2D eigenvalue weighted by atomic mass is 32.1. The molecule has 0 atom stereocenters. The van der Waals surface area contributed by atoms with E-state index in [9.17, 15) is 18.4 Å². The van der Waals surface area contributed by atoms with E-state index in [-0.39, 0.29) is 40.7 Å². The van der Waals surface area contributed by atoms with Crippen molar-refractivity contribution in [1.29, 1.82) is 0 Å². The van der Waals surface area contributed by atoms with Crippen LogP contribution in [0.4, 0.5) is 13.9 Å². The van der Waals surface area contributed by atoms with Crippen molar-refractivity contribution in [2.45, 2.75) is 26.4 Å². The number of aliphatic carboxylic acids is 1. The van der Waals surface area contributed by atoms with Crippen molar-refractivity contribution in [3.05, 3.63) is 58.6 Å². The van der Waals surface area contributed by atoms with Crippen LogP contribution >= 0.6 is 11.3 Å². The average Bonchev–Trinajstić information content (AvgIpc) is 3.06. The van der Waals surface area contributed by atoms with Gasteiger partial charge in [0.15, 0.2) is 5.13 Å². The van der Waals surface area contributed by atoms with Crippen LogP contribution in [-0.4, -0.2) is 33.1 Å².